The summed E-state index contributed by atoms with van der Waals surface area (Å²) in [5.41, 5.74) is 0.701. The Kier molecular flexibility index (Phi) is 6.35. The molecule has 1 aromatic rings. The zero-order chi connectivity index (χ0) is 16.1. The summed E-state index contributed by atoms with van der Waals surface area (Å²) >= 11 is 3.38. The molecule has 1 aliphatic heterocycles. The summed E-state index contributed by atoms with van der Waals surface area (Å²) in [6, 6.07) is 5.31. The van der Waals surface area contributed by atoms with Crippen LogP contribution in [0.2, 0.25) is 0 Å². The molecule has 6 heteroatoms. The number of rotatable bonds is 5. The van der Waals surface area contributed by atoms with Crippen molar-refractivity contribution in [1.29, 1.82) is 0 Å². The van der Waals surface area contributed by atoms with Crippen molar-refractivity contribution in [1.82, 2.24) is 9.80 Å². The van der Waals surface area contributed by atoms with E-state index < -0.39 is 5.97 Å². The lowest BCUT2D eigenvalue weighted by Crippen LogP contribution is -2.36. The zero-order valence-corrected chi connectivity index (χ0v) is 14.4. The van der Waals surface area contributed by atoms with Crippen molar-refractivity contribution in [3.05, 3.63) is 34.1 Å². The molecule has 0 spiro atoms. The fourth-order valence-electron chi connectivity index (χ4n) is 2.98. The van der Waals surface area contributed by atoms with Gasteiger partial charge in [0.05, 0.1) is 6.54 Å². The number of hydrogen-bond acceptors (Lipinski definition) is 3. The lowest BCUT2D eigenvalue weighted by molar-refractivity contribution is -0.138. The van der Waals surface area contributed by atoms with Crippen molar-refractivity contribution in [2.24, 2.45) is 0 Å². The molecule has 0 aliphatic carbocycles. The number of benzene rings is 1. The molecule has 1 N–H and O–H groups in total. The third kappa shape index (κ3) is 5.04. The zero-order valence-electron chi connectivity index (χ0n) is 12.8. The molecule has 1 saturated heterocycles. The number of carboxylic acids is 1. The Hall–Kier alpha value is -0.980. The van der Waals surface area contributed by atoms with Gasteiger partial charge in [-0.15, -0.1) is 0 Å². The standard InChI is InChI=1S/C16H22BrFN2O2/c1-19(11-16(21)22)14-3-2-7-20(8-6-14)10-12-9-13(17)4-5-15(12)18/h4-5,9,14H,2-3,6-8,10-11H2,1H3,(H,21,22). The SMILES string of the molecule is CN(CC(=O)O)C1CCCN(Cc2cc(Br)ccc2F)CC1. The number of nitrogens with zero attached hydrogens (tertiary/aromatic N) is 2. The second-order valence-electron chi connectivity index (χ2n) is 5.91. The molecule has 1 atom stereocenters. The molecular weight excluding hydrogens is 351 g/mol. The van der Waals surface area contributed by atoms with Crippen LogP contribution in [0.5, 0.6) is 0 Å². The van der Waals surface area contributed by atoms with Crippen molar-refractivity contribution in [2.45, 2.75) is 31.8 Å². The van der Waals surface area contributed by atoms with Gasteiger partial charge in [0.25, 0.3) is 0 Å². The highest BCUT2D eigenvalue weighted by Crippen LogP contribution is 2.21. The molecule has 1 aromatic carbocycles. The molecule has 0 aromatic heterocycles. The summed E-state index contributed by atoms with van der Waals surface area (Å²) in [6.45, 7) is 2.45. The van der Waals surface area contributed by atoms with E-state index >= 15 is 0 Å². The van der Waals surface area contributed by atoms with Crippen molar-refractivity contribution >= 4 is 21.9 Å². The lowest BCUT2D eigenvalue weighted by Gasteiger charge is -2.25. The molecule has 122 valence electrons. The van der Waals surface area contributed by atoms with Gasteiger partial charge >= 0.3 is 5.97 Å². The number of carboxylic acid groups (broad SMARTS) is 1. The van der Waals surface area contributed by atoms with Crippen molar-refractivity contribution in [2.75, 3.05) is 26.7 Å². The van der Waals surface area contributed by atoms with Gasteiger partial charge < -0.3 is 5.11 Å². The summed E-state index contributed by atoms with van der Waals surface area (Å²) in [5, 5.41) is 8.89. The highest BCUT2D eigenvalue weighted by molar-refractivity contribution is 9.10. The molecule has 1 aliphatic rings. The van der Waals surface area contributed by atoms with Crippen molar-refractivity contribution < 1.29 is 14.3 Å². The van der Waals surface area contributed by atoms with Crippen LogP contribution in [-0.4, -0.2) is 53.6 Å². The minimum Gasteiger partial charge on any atom is -0.480 e. The van der Waals surface area contributed by atoms with Crippen LogP contribution in [0.1, 0.15) is 24.8 Å². The Balaban J connectivity index is 1.93. The number of carbonyl (C=O) groups is 1. The van der Waals surface area contributed by atoms with E-state index in [9.17, 15) is 9.18 Å². The second kappa shape index (κ2) is 8.04. The van der Waals surface area contributed by atoms with Gasteiger partial charge in [-0.05, 0) is 57.6 Å². The summed E-state index contributed by atoms with van der Waals surface area (Å²) < 4.78 is 14.7. The van der Waals surface area contributed by atoms with Crippen molar-refractivity contribution in [3.63, 3.8) is 0 Å². The fourth-order valence-corrected chi connectivity index (χ4v) is 3.39. The van der Waals surface area contributed by atoms with Crippen LogP contribution in [0.4, 0.5) is 4.39 Å². The van der Waals surface area contributed by atoms with Gasteiger partial charge in [0.15, 0.2) is 0 Å². The first kappa shape index (κ1) is 17.4. The molecule has 1 fully saturated rings. The molecule has 1 heterocycles. The summed E-state index contributed by atoms with van der Waals surface area (Å²) in [7, 11) is 1.86. The number of halogens is 2. The number of hydrogen-bond donors (Lipinski definition) is 1. The number of aliphatic carboxylic acids is 1. The molecule has 4 nitrogen and oxygen atoms in total. The van der Waals surface area contributed by atoms with E-state index in [4.69, 9.17) is 5.11 Å². The van der Waals surface area contributed by atoms with E-state index in [1.807, 2.05) is 18.0 Å². The topological polar surface area (TPSA) is 43.8 Å². The average Bonchev–Trinajstić information content (AvgIpc) is 2.68. The van der Waals surface area contributed by atoms with Crippen LogP contribution < -0.4 is 0 Å². The number of likely N-dealkylation sites (tertiary alicyclic amines) is 1. The van der Waals surface area contributed by atoms with E-state index in [0.29, 0.717) is 12.1 Å². The van der Waals surface area contributed by atoms with Gasteiger partial charge in [0, 0.05) is 22.6 Å². The van der Waals surface area contributed by atoms with Crippen LogP contribution in [0, 0.1) is 5.82 Å². The largest absolute Gasteiger partial charge is 0.480 e. The molecule has 0 amide bonds. The van der Waals surface area contributed by atoms with E-state index in [0.717, 1.165) is 36.8 Å². The molecule has 2 rings (SSSR count). The van der Waals surface area contributed by atoms with Gasteiger partial charge in [0.1, 0.15) is 5.82 Å². The maximum atomic E-state index is 13.9. The van der Waals surface area contributed by atoms with Gasteiger partial charge in [-0.2, -0.15) is 0 Å². The van der Waals surface area contributed by atoms with Crippen LogP contribution >= 0.6 is 15.9 Å². The predicted octanol–water partition coefficient (Wildman–Crippen LogP) is 2.96. The third-order valence-corrected chi connectivity index (χ3v) is 4.69. The Morgan fingerprint density at radius 1 is 1.45 bits per heavy atom. The summed E-state index contributed by atoms with van der Waals surface area (Å²) in [5.74, 6) is -0.966. The minimum absolute atomic E-state index is 0.0743. The highest BCUT2D eigenvalue weighted by atomic mass is 79.9. The smallest absolute Gasteiger partial charge is 0.317 e. The average molecular weight is 373 g/mol. The highest BCUT2D eigenvalue weighted by Gasteiger charge is 2.22. The maximum Gasteiger partial charge on any atom is 0.317 e. The van der Waals surface area contributed by atoms with Crippen molar-refractivity contribution in [3.8, 4) is 0 Å². The van der Waals surface area contributed by atoms with Gasteiger partial charge in [-0.1, -0.05) is 15.9 Å². The quantitative estimate of drug-likeness (QED) is 0.862. The Labute approximate surface area is 139 Å². The predicted molar refractivity (Wildman–Crippen MR) is 87.3 cm³/mol. The van der Waals surface area contributed by atoms with Gasteiger partial charge in [-0.25, -0.2) is 4.39 Å². The number of likely N-dealkylation sites (N-methyl/N-ethyl adjacent to an activating group) is 1. The first-order valence-electron chi connectivity index (χ1n) is 7.54. The maximum absolute atomic E-state index is 13.9. The van der Waals surface area contributed by atoms with Gasteiger partial charge in [0.2, 0.25) is 0 Å². The molecule has 22 heavy (non-hydrogen) atoms. The van der Waals surface area contributed by atoms with E-state index in [-0.39, 0.29) is 18.4 Å². The normalized spacial score (nSPS) is 20.1. The van der Waals surface area contributed by atoms with E-state index in [2.05, 4.69) is 20.8 Å². The first-order chi connectivity index (χ1) is 10.5. The molecule has 0 bridgehead atoms. The van der Waals surface area contributed by atoms with E-state index in [1.165, 1.54) is 6.07 Å². The second-order valence-corrected chi connectivity index (χ2v) is 6.82. The van der Waals surface area contributed by atoms with Gasteiger partial charge in [-0.3, -0.25) is 14.6 Å². The first-order valence-corrected chi connectivity index (χ1v) is 8.33. The monoisotopic (exact) mass is 372 g/mol. The summed E-state index contributed by atoms with van der Waals surface area (Å²) in [4.78, 5) is 15.0. The van der Waals surface area contributed by atoms with Crippen LogP contribution in [0.15, 0.2) is 22.7 Å². The molecular formula is C16H22BrFN2O2. The molecule has 1 unspecified atom stereocenters. The molecule has 0 saturated carbocycles. The molecule has 0 radical (unpaired) electrons. The van der Waals surface area contributed by atoms with Crippen LogP contribution in [0.25, 0.3) is 0 Å². The Morgan fingerprint density at radius 3 is 2.95 bits per heavy atom. The minimum atomic E-state index is -0.792. The van der Waals surface area contributed by atoms with E-state index in [1.54, 1.807) is 6.07 Å². The van der Waals surface area contributed by atoms with Crippen LogP contribution in [0.3, 0.4) is 0 Å². The third-order valence-electron chi connectivity index (χ3n) is 4.20. The summed E-state index contributed by atoms with van der Waals surface area (Å²) in [6.07, 6.45) is 2.91. The Bertz CT molecular complexity index is 527. The fraction of sp³-hybridized carbons (Fsp3) is 0.562. The Morgan fingerprint density at radius 2 is 2.23 bits per heavy atom. The van der Waals surface area contributed by atoms with Crippen LogP contribution in [-0.2, 0) is 11.3 Å². The lowest BCUT2D eigenvalue weighted by atomic mass is 10.1.